The minimum absolute atomic E-state index is 0.00236. The van der Waals surface area contributed by atoms with E-state index in [9.17, 15) is 14.4 Å². The van der Waals surface area contributed by atoms with Crippen LogP contribution < -0.4 is 10.2 Å². The Kier molecular flexibility index (Phi) is 4.42. The lowest BCUT2D eigenvalue weighted by atomic mass is 10.0. The fourth-order valence-electron chi connectivity index (χ4n) is 2.18. The van der Waals surface area contributed by atoms with Gasteiger partial charge in [0.25, 0.3) is 5.91 Å². The van der Waals surface area contributed by atoms with Crippen LogP contribution in [0.25, 0.3) is 0 Å². The van der Waals surface area contributed by atoms with Gasteiger partial charge in [0, 0.05) is 6.42 Å². The average Bonchev–Trinajstić information content (AvgIpc) is 2.52. The van der Waals surface area contributed by atoms with Gasteiger partial charge in [-0.3, -0.25) is 19.8 Å². The maximum Gasteiger partial charge on any atom is 0.311 e. The average molecular weight is 292 g/mol. The second-order valence-corrected chi connectivity index (χ2v) is 4.58. The van der Waals surface area contributed by atoms with Crippen LogP contribution in [0.4, 0.5) is 0 Å². The van der Waals surface area contributed by atoms with Gasteiger partial charge in [0.15, 0.2) is 0 Å². The van der Waals surface area contributed by atoms with E-state index in [0.29, 0.717) is 11.3 Å². The van der Waals surface area contributed by atoms with Crippen molar-refractivity contribution in [2.45, 2.75) is 6.42 Å². The third kappa shape index (κ3) is 3.13. The van der Waals surface area contributed by atoms with Crippen LogP contribution in [-0.2, 0) is 14.3 Å². The van der Waals surface area contributed by atoms with Crippen molar-refractivity contribution in [3.8, 4) is 5.75 Å². The molecule has 1 unspecified atom stereocenters. The quantitative estimate of drug-likeness (QED) is 0.813. The van der Waals surface area contributed by atoms with Crippen LogP contribution in [0.15, 0.2) is 24.3 Å². The Morgan fingerprint density at radius 3 is 2.67 bits per heavy atom. The molecule has 2 rings (SSSR count). The zero-order valence-corrected chi connectivity index (χ0v) is 11.8. The Morgan fingerprint density at radius 1 is 1.29 bits per heavy atom. The molecular weight excluding hydrogens is 276 g/mol. The Hall–Kier alpha value is -2.57. The summed E-state index contributed by atoms with van der Waals surface area (Å²) in [4.78, 5) is 35.7. The molecule has 1 saturated heterocycles. The molecule has 1 heterocycles. The van der Waals surface area contributed by atoms with Crippen molar-refractivity contribution in [1.82, 2.24) is 10.4 Å². The van der Waals surface area contributed by atoms with E-state index in [0.717, 1.165) is 5.01 Å². The number of nitrogens with zero attached hydrogens (tertiary/aromatic N) is 1. The van der Waals surface area contributed by atoms with E-state index in [4.69, 9.17) is 4.74 Å². The maximum absolute atomic E-state index is 12.5. The SMILES string of the molecule is COC(=O)C1CC(=O)NN(C(=O)c2ccccc2OC)C1. The van der Waals surface area contributed by atoms with Crippen LogP contribution in [0.5, 0.6) is 5.75 Å². The summed E-state index contributed by atoms with van der Waals surface area (Å²) >= 11 is 0. The van der Waals surface area contributed by atoms with Crippen LogP contribution in [0.1, 0.15) is 16.8 Å². The van der Waals surface area contributed by atoms with Gasteiger partial charge in [-0.05, 0) is 12.1 Å². The molecule has 1 N–H and O–H groups in total. The first-order chi connectivity index (χ1) is 10.1. The summed E-state index contributed by atoms with van der Waals surface area (Å²) in [7, 11) is 2.71. The topological polar surface area (TPSA) is 84.9 Å². The molecule has 0 radical (unpaired) electrons. The summed E-state index contributed by atoms with van der Waals surface area (Å²) in [5, 5.41) is 1.12. The molecule has 0 aromatic heterocycles. The number of esters is 1. The molecule has 0 bridgehead atoms. The van der Waals surface area contributed by atoms with E-state index in [1.165, 1.54) is 14.2 Å². The first-order valence-electron chi connectivity index (χ1n) is 6.39. The van der Waals surface area contributed by atoms with Gasteiger partial charge in [-0.2, -0.15) is 0 Å². The molecule has 1 aromatic rings. The predicted octanol–water partition coefficient (Wildman–Crippen LogP) is 0.361. The second-order valence-electron chi connectivity index (χ2n) is 4.58. The molecule has 0 spiro atoms. The van der Waals surface area contributed by atoms with E-state index in [2.05, 4.69) is 10.2 Å². The number of carbonyl (C=O) groups excluding carboxylic acids is 3. The molecule has 7 nitrogen and oxygen atoms in total. The molecule has 7 heteroatoms. The Balaban J connectivity index is 2.22. The van der Waals surface area contributed by atoms with E-state index >= 15 is 0 Å². The van der Waals surface area contributed by atoms with Crippen molar-refractivity contribution < 1.29 is 23.9 Å². The summed E-state index contributed by atoms with van der Waals surface area (Å²) in [6.07, 6.45) is 0.00236. The van der Waals surface area contributed by atoms with Crippen LogP contribution in [-0.4, -0.2) is 43.6 Å². The number of hydrogen-bond donors (Lipinski definition) is 1. The molecule has 21 heavy (non-hydrogen) atoms. The number of hydrazine groups is 1. The number of benzene rings is 1. The van der Waals surface area contributed by atoms with E-state index in [1.54, 1.807) is 24.3 Å². The monoisotopic (exact) mass is 292 g/mol. The molecule has 2 amide bonds. The van der Waals surface area contributed by atoms with Crippen LogP contribution in [0.2, 0.25) is 0 Å². The fraction of sp³-hybridized carbons (Fsp3) is 0.357. The molecular formula is C14H16N2O5. The third-order valence-corrected chi connectivity index (χ3v) is 3.21. The molecule has 112 valence electrons. The standard InChI is InChI=1S/C14H16N2O5/c1-20-11-6-4-3-5-10(11)13(18)16-8-9(14(19)21-2)7-12(17)15-16/h3-6,9H,7-8H2,1-2H3,(H,15,17). The largest absolute Gasteiger partial charge is 0.496 e. The van der Waals surface area contributed by atoms with E-state index in [1.807, 2.05) is 0 Å². The van der Waals surface area contributed by atoms with E-state index in [-0.39, 0.29) is 13.0 Å². The number of methoxy groups -OCH3 is 2. The van der Waals surface area contributed by atoms with Crippen molar-refractivity contribution in [3.63, 3.8) is 0 Å². The summed E-state index contributed by atoms with van der Waals surface area (Å²) in [6, 6.07) is 6.67. The Morgan fingerprint density at radius 2 is 2.00 bits per heavy atom. The molecule has 1 fully saturated rings. The zero-order chi connectivity index (χ0) is 15.4. The Bertz CT molecular complexity index is 572. The Labute approximate surface area is 121 Å². The number of rotatable bonds is 3. The molecule has 0 saturated carbocycles. The van der Waals surface area contributed by atoms with Crippen LogP contribution >= 0.6 is 0 Å². The molecule has 1 aliphatic rings. The molecule has 1 aromatic carbocycles. The highest BCUT2D eigenvalue weighted by atomic mass is 16.5. The number of hydrogen-bond acceptors (Lipinski definition) is 5. The highest BCUT2D eigenvalue weighted by Gasteiger charge is 2.34. The number of amides is 2. The number of para-hydroxylation sites is 1. The van der Waals surface area contributed by atoms with Gasteiger partial charge >= 0.3 is 5.97 Å². The number of ether oxygens (including phenoxy) is 2. The lowest BCUT2D eigenvalue weighted by Crippen LogP contribution is -2.54. The van der Waals surface area contributed by atoms with Gasteiger partial charge in [-0.1, -0.05) is 12.1 Å². The first-order valence-corrected chi connectivity index (χ1v) is 6.39. The van der Waals surface area contributed by atoms with Crippen LogP contribution in [0, 0.1) is 5.92 Å². The van der Waals surface area contributed by atoms with Crippen molar-refractivity contribution >= 4 is 17.8 Å². The van der Waals surface area contributed by atoms with Gasteiger partial charge in [0.05, 0.1) is 32.2 Å². The minimum atomic E-state index is -0.664. The van der Waals surface area contributed by atoms with Gasteiger partial charge in [0.1, 0.15) is 5.75 Å². The summed E-state index contributed by atoms with van der Waals surface area (Å²) in [5.74, 6) is -1.61. The highest BCUT2D eigenvalue weighted by molar-refractivity contribution is 5.99. The molecule has 1 aliphatic heterocycles. The van der Waals surface area contributed by atoms with Gasteiger partial charge in [0.2, 0.25) is 5.91 Å². The summed E-state index contributed by atoms with van der Waals surface area (Å²) < 4.78 is 9.76. The fourth-order valence-corrected chi connectivity index (χ4v) is 2.18. The highest BCUT2D eigenvalue weighted by Crippen LogP contribution is 2.21. The predicted molar refractivity (Wildman–Crippen MR) is 72.3 cm³/mol. The van der Waals surface area contributed by atoms with Gasteiger partial charge in [-0.25, -0.2) is 5.01 Å². The first kappa shape index (κ1) is 14.8. The van der Waals surface area contributed by atoms with Crippen molar-refractivity contribution in [2.75, 3.05) is 20.8 Å². The smallest absolute Gasteiger partial charge is 0.311 e. The zero-order valence-electron chi connectivity index (χ0n) is 11.8. The normalized spacial score (nSPS) is 17.9. The molecule has 1 atom stereocenters. The lowest BCUT2D eigenvalue weighted by molar-refractivity contribution is -0.151. The third-order valence-electron chi connectivity index (χ3n) is 3.21. The van der Waals surface area contributed by atoms with Gasteiger partial charge in [-0.15, -0.1) is 0 Å². The number of carbonyl (C=O) groups is 3. The summed E-state index contributed by atoms with van der Waals surface area (Å²) in [6.45, 7) is 0.0648. The van der Waals surface area contributed by atoms with Crippen molar-refractivity contribution in [1.29, 1.82) is 0 Å². The minimum Gasteiger partial charge on any atom is -0.496 e. The van der Waals surface area contributed by atoms with Crippen LogP contribution in [0.3, 0.4) is 0 Å². The van der Waals surface area contributed by atoms with Gasteiger partial charge < -0.3 is 9.47 Å². The summed E-state index contributed by atoms with van der Waals surface area (Å²) in [5.41, 5.74) is 2.77. The maximum atomic E-state index is 12.5. The number of nitrogens with one attached hydrogen (secondary N) is 1. The molecule has 0 aliphatic carbocycles. The van der Waals surface area contributed by atoms with E-state index < -0.39 is 23.7 Å². The van der Waals surface area contributed by atoms with Crippen molar-refractivity contribution in [3.05, 3.63) is 29.8 Å². The lowest BCUT2D eigenvalue weighted by Gasteiger charge is -2.31. The second kappa shape index (κ2) is 6.25. The van der Waals surface area contributed by atoms with Crippen molar-refractivity contribution in [2.24, 2.45) is 5.92 Å².